The highest BCUT2D eigenvalue weighted by molar-refractivity contribution is 6.20. The Balaban J connectivity index is 3.02. The SMILES string of the molecule is ClCC=COBOC=CCCl. The van der Waals surface area contributed by atoms with Crippen molar-refractivity contribution in [1.29, 1.82) is 0 Å². The van der Waals surface area contributed by atoms with Gasteiger partial charge in [0.15, 0.2) is 0 Å². The fraction of sp³-hybridized carbons (Fsp3) is 0.333. The first-order chi connectivity index (χ1) is 5.41. The molecule has 0 spiro atoms. The highest BCUT2D eigenvalue weighted by Crippen LogP contribution is 1.83. The molecular formula is C6H9BCl2O2. The van der Waals surface area contributed by atoms with E-state index in [-0.39, 0.29) is 7.69 Å². The van der Waals surface area contributed by atoms with Gasteiger partial charge in [-0.15, -0.1) is 23.2 Å². The van der Waals surface area contributed by atoms with Crippen molar-refractivity contribution in [2.75, 3.05) is 11.8 Å². The zero-order chi connectivity index (χ0) is 8.36. The van der Waals surface area contributed by atoms with Crippen LogP contribution in [0.2, 0.25) is 0 Å². The lowest BCUT2D eigenvalue weighted by Crippen LogP contribution is -1.93. The predicted octanol–water partition coefficient (Wildman–Crippen LogP) is 1.79. The van der Waals surface area contributed by atoms with Gasteiger partial charge in [-0.3, -0.25) is 0 Å². The number of hydrogen-bond donors (Lipinski definition) is 0. The van der Waals surface area contributed by atoms with Gasteiger partial charge in [-0.25, -0.2) is 0 Å². The van der Waals surface area contributed by atoms with E-state index in [4.69, 9.17) is 32.5 Å². The molecule has 11 heavy (non-hydrogen) atoms. The van der Waals surface area contributed by atoms with E-state index in [0.29, 0.717) is 11.8 Å². The Morgan fingerprint density at radius 1 is 1.00 bits per heavy atom. The van der Waals surface area contributed by atoms with Crippen LogP contribution in [0.5, 0.6) is 0 Å². The first-order valence-electron chi connectivity index (χ1n) is 3.07. The minimum absolute atomic E-state index is 0.181. The number of halogens is 2. The van der Waals surface area contributed by atoms with Crippen LogP contribution < -0.4 is 0 Å². The van der Waals surface area contributed by atoms with E-state index in [1.807, 2.05) is 0 Å². The van der Waals surface area contributed by atoms with Gasteiger partial charge in [0, 0.05) is 11.8 Å². The van der Waals surface area contributed by atoms with Crippen LogP contribution in [0, 0.1) is 0 Å². The Kier molecular flexibility index (Phi) is 9.48. The molecule has 0 unspecified atom stereocenters. The van der Waals surface area contributed by atoms with E-state index in [1.165, 1.54) is 12.5 Å². The molecule has 62 valence electrons. The second-order valence-electron chi connectivity index (χ2n) is 1.50. The summed E-state index contributed by atoms with van der Waals surface area (Å²) in [6.07, 6.45) is 6.33. The molecule has 0 bridgehead atoms. The lowest BCUT2D eigenvalue weighted by Gasteiger charge is -1.95. The molecule has 0 heterocycles. The van der Waals surface area contributed by atoms with Crippen molar-refractivity contribution in [2.45, 2.75) is 0 Å². The van der Waals surface area contributed by atoms with E-state index in [9.17, 15) is 0 Å². The summed E-state index contributed by atoms with van der Waals surface area (Å²) in [5, 5.41) is 0. The molecule has 0 aromatic heterocycles. The van der Waals surface area contributed by atoms with Crippen molar-refractivity contribution in [1.82, 2.24) is 0 Å². The Labute approximate surface area is 77.1 Å². The van der Waals surface area contributed by atoms with Crippen molar-refractivity contribution in [3.05, 3.63) is 24.7 Å². The minimum Gasteiger partial charge on any atom is -0.535 e. The first-order valence-corrected chi connectivity index (χ1v) is 4.14. The highest BCUT2D eigenvalue weighted by atomic mass is 35.5. The Morgan fingerprint density at radius 2 is 1.45 bits per heavy atom. The smallest absolute Gasteiger partial charge is 0.535 e. The average Bonchev–Trinajstić information content (AvgIpc) is 2.03. The number of alkyl halides is 2. The van der Waals surface area contributed by atoms with Crippen LogP contribution in [0.3, 0.4) is 0 Å². The van der Waals surface area contributed by atoms with Crippen molar-refractivity contribution >= 4 is 30.9 Å². The molecule has 0 aromatic carbocycles. The first kappa shape index (κ1) is 10.7. The summed E-state index contributed by atoms with van der Waals surface area (Å²) in [6.45, 7) is 0. The molecule has 0 aliphatic carbocycles. The van der Waals surface area contributed by atoms with Gasteiger partial charge in [0.05, 0.1) is 12.5 Å². The molecular weight excluding hydrogens is 186 g/mol. The van der Waals surface area contributed by atoms with Gasteiger partial charge in [-0.2, -0.15) is 0 Å². The van der Waals surface area contributed by atoms with Crippen LogP contribution in [0.25, 0.3) is 0 Å². The fourth-order valence-corrected chi connectivity index (χ4v) is 0.472. The second kappa shape index (κ2) is 9.72. The van der Waals surface area contributed by atoms with Gasteiger partial charge in [0.1, 0.15) is 0 Å². The van der Waals surface area contributed by atoms with Crippen LogP contribution in [0.15, 0.2) is 24.7 Å². The summed E-state index contributed by atoms with van der Waals surface area (Å²) >= 11 is 10.7. The highest BCUT2D eigenvalue weighted by Gasteiger charge is 1.83. The minimum atomic E-state index is 0.181. The van der Waals surface area contributed by atoms with E-state index < -0.39 is 0 Å². The summed E-state index contributed by atoms with van der Waals surface area (Å²) in [5.41, 5.74) is 0. The Morgan fingerprint density at radius 3 is 1.82 bits per heavy atom. The third-order valence-corrected chi connectivity index (χ3v) is 1.06. The van der Waals surface area contributed by atoms with Gasteiger partial charge in [0.25, 0.3) is 0 Å². The molecule has 0 aliphatic rings. The topological polar surface area (TPSA) is 18.5 Å². The van der Waals surface area contributed by atoms with Gasteiger partial charge < -0.3 is 9.31 Å². The molecule has 0 saturated carbocycles. The monoisotopic (exact) mass is 194 g/mol. The van der Waals surface area contributed by atoms with Crippen LogP contribution in [0.4, 0.5) is 0 Å². The molecule has 0 amide bonds. The summed E-state index contributed by atoms with van der Waals surface area (Å²) < 4.78 is 9.68. The third-order valence-electron chi connectivity index (χ3n) is 0.699. The van der Waals surface area contributed by atoms with Crippen LogP contribution in [-0.4, -0.2) is 19.4 Å². The van der Waals surface area contributed by atoms with Gasteiger partial charge in [0.2, 0.25) is 0 Å². The standard InChI is InChI=1S/C6H9BCl2O2/c8-3-1-5-10-7-11-6-2-4-9/h1-2,5-7H,3-4H2. The quantitative estimate of drug-likeness (QED) is 0.278. The number of allylic oxidation sites excluding steroid dienone is 2. The van der Waals surface area contributed by atoms with E-state index in [0.717, 1.165) is 0 Å². The van der Waals surface area contributed by atoms with Crippen molar-refractivity contribution in [2.24, 2.45) is 0 Å². The Bertz CT molecular complexity index is 114. The van der Waals surface area contributed by atoms with Gasteiger partial charge >= 0.3 is 7.69 Å². The van der Waals surface area contributed by atoms with Crippen LogP contribution >= 0.6 is 23.2 Å². The lowest BCUT2D eigenvalue weighted by molar-refractivity contribution is 0.375. The van der Waals surface area contributed by atoms with Gasteiger partial charge in [-0.05, 0) is 12.2 Å². The van der Waals surface area contributed by atoms with Crippen molar-refractivity contribution in [3.8, 4) is 0 Å². The van der Waals surface area contributed by atoms with Crippen molar-refractivity contribution < 1.29 is 9.31 Å². The normalized spacial score (nSPS) is 10.7. The summed E-state index contributed by atoms with van der Waals surface area (Å²) in [6, 6.07) is 0. The zero-order valence-corrected chi connectivity index (χ0v) is 7.52. The van der Waals surface area contributed by atoms with Crippen LogP contribution in [0.1, 0.15) is 0 Å². The Hall–Kier alpha value is -0.275. The number of hydrogen-bond acceptors (Lipinski definition) is 2. The predicted molar refractivity (Wildman–Crippen MR) is 49.0 cm³/mol. The molecule has 0 rings (SSSR count). The average molecular weight is 195 g/mol. The fourth-order valence-electron chi connectivity index (χ4n) is 0.327. The van der Waals surface area contributed by atoms with Crippen LogP contribution in [-0.2, 0) is 9.31 Å². The van der Waals surface area contributed by atoms with Gasteiger partial charge in [-0.1, -0.05) is 0 Å². The summed E-state index contributed by atoms with van der Waals surface area (Å²) in [7, 11) is 0.181. The van der Waals surface area contributed by atoms with E-state index >= 15 is 0 Å². The maximum absolute atomic E-state index is 5.33. The molecule has 0 radical (unpaired) electrons. The molecule has 5 heteroatoms. The summed E-state index contributed by atoms with van der Waals surface area (Å²) in [5.74, 6) is 0.884. The second-order valence-corrected chi connectivity index (χ2v) is 2.12. The molecule has 0 atom stereocenters. The third kappa shape index (κ3) is 9.72. The molecule has 0 aliphatic heterocycles. The molecule has 2 nitrogen and oxygen atoms in total. The lowest BCUT2D eigenvalue weighted by atomic mass is 10.4. The maximum Gasteiger partial charge on any atom is 0.575 e. The van der Waals surface area contributed by atoms with Crippen molar-refractivity contribution in [3.63, 3.8) is 0 Å². The maximum atomic E-state index is 5.33. The largest absolute Gasteiger partial charge is 0.575 e. The van der Waals surface area contributed by atoms with E-state index in [2.05, 4.69) is 0 Å². The molecule has 0 N–H and O–H groups in total. The number of rotatable bonds is 6. The molecule has 0 aromatic rings. The zero-order valence-electron chi connectivity index (χ0n) is 6.00. The van der Waals surface area contributed by atoms with E-state index in [1.54, 1.807) is 12.2 Å². The summed E-state index contributed by atoms with van der Waals surface area (Å²) in [4.78, 5) is 0. The molecule has 0 fully saturated rings. The molecule has 0 saturated heterocycles.